The molecule has 3 rings (SSSR count). The van der Waals surface area contributed by atoms with Crippen molar-refractivity contribution < 1.29 is 9.22 Å². The highest BCUT2D eigenvalue weighted by Gasteiger charge is 2.53. The van der Waals surface area contributed by atoms with Crippen molar-refractivity contribution in [3.8, 4) is 0 Å². The van der Waals surface area contributed by atoms with E-state index in [4.69, 9.17) is 4.43 Å². The Morgan fingerprint density at radius 1 is 1.11 bits per heavy atom. The Balaban J connectivity index is 2.17. The first-order chi connectivity index (χ1) is 12.7. The molecule has 3 aliphatic rings. The number of rotatable bonds is 4. The zero-order valence-corrected chi connectivity index (χ0v) is 21.7. The lowest BCUT2D eigenvalue weighted by Gasteiger charge is -2.48. The molecule has 28 heavy (non-hydrogen) atoms. The van der Waals surface area contributed by atoms with Crippen molar-refractivity contribution in [3.63, 3.8) is 0 Å². The number of Topliss-reactive ketones (excluding diaryl/α,β-unsaturated/α-hetero) is 1. The fourth-order valence-corrected chi connectivity index (χ4v) is 9.20. The van der Waals surface area contributed by atoms with Gasteiger partial charge in [-0.3, -0.25) is 4.79 Å². The van der Waals surface area contributed by atoms with Crippen LogP contribution in [0.25, 0.3) is 0 Å². The standard InChI is InChI=1S/C24H42O2Si2/c1-16(2)18-10-12-24(3)13-11-19-20(25)14-17(26-28(7,8)9)15-21(27(4,5)6)22(19)23(18)24/h15-16,19,21-22H,10-14H2,1-9H3/t19-,21+,22-,24+/m0/s1. The molecule has 0 aromatic heterocycles. The van der Waals surface area contributed by atoms with Gasteiger partial charge in [0.05, 0.1) is 20.3 Å². The largest absolute Gasteiger partial charge is 0.547 e. The van der Waals surface area contributed by atoms with Crippen molar-refractivity contribution in [3.05, 3.63) is 23.0 Å². The Kier molecular flexibility index (Phi) is 5.73. The van der Waals surface area contributed by atoms with E-state index in [9.17, 15) is 4.79 Å². The molecule has 0 saturated heterocycles. The molecule has 4 heteroatoms. The van der Waals surface area contributed by atoms with Crippen molar-refractivity contribution in [2.45, 2.75) is 97.7 Å². The summed E-state index contributed by atoms with van der Waals surface area (Å²) < 4.78 is 6.46. The number of allylic oxidation sites excluding steroid dienone is 4. The SMILES string of the molecule is CC(C)C1=C2[C@@H]3[C@H]([Si](C)(C)C)C=C(O[Si](C)(C)C)CC(=O)[C@@H]3CC[C@@]2(C)CC1. The number of carbonyl (C=O) groups excluding carboxylic acids is 1. The molecular formula is C24H42O2Si2. The van der Waals surface area contributed by atoms with Gasteiger partial charge < -0.3 is 4.43 Å². The normalized spacial score (nSPS) is 34.1. The number of fused-ring (bicyclic) bond motifs is 3. The minimum absolute atomic E-state index is 0.200. The van der Waals surface area contributed by atoms with Crippen molar-refractivity contribution >= 4 is 22.2 Å². The van der Waals surface area contributed by atoms with Gasteiger partial charge in [-0.2, -0.15) is 0 Å². The zero-order valence-electron chi connectivity index (χ0n) is 19.7. The highest BCUT2D eigenvalue weighted by atomic mass is 28.4. The van der Waals surface area contributed by atoms with Gasteiger partial charge in [-0.25, -0.2) is 0 Å². The number of hydrogen-bond acceptors (Lipinski definition) is 2. The molecule has 1 fully saturated rings. The van der Waals surface area contributed by atoms with Crippen LogP contribution in [0.3, 0.4) is 0 Å². The van der Waals surface area contributed by atoms with E-state index in [1.807, 2.05) is 0 Å². The van der Waals surface area contributed by atoms with Gasteiger partial charge >= 0.3 is 0 Å². The van der Waals surface area contributed by atoms with Gasteiger partial charge in [0.25, 0.3) is 0 Å². The summed E-state index contributed by atoms with van der Waals surface area (Å²) in [7, 11) is -3.25. The van der Waals surface area contributed by atoms with Crippen molar-refractivity contribution in [1.29, 1.82) is 0 Å². The number of hydrogen-bond donors (Lipinski definition) is 0. The topological polar surface area (TPSA) is 26.3 Å². The zero-order chi connectivity index (χ0) is 21.1. The van der Waals surface area contributed by atoms with Crippen LogP contribution in [0.1, 0.15) is 52.9 Å². The number of ketones is 1. The molecule has 1 saturated carbocycles. The van der Waals surface area contributed by atoms with E-state index in [0.29, 0.717) is 35.0 Å². The van der Waals surface area contributed by atoms with Gasteiger partial charge in [0, 0.05) is 5.92 Å². The van der Waals surface area contributed by atoms with E-state index in [2.05, 4.69) is 66.1 Å². The lowest BCUT2D eigenvalue weighted by Crippen LogP contribution is -2.43. The Hall–Kier alpha value is -0.616. The van der Waals surface area contributed by atoms with Gasteiger partial charge in [0.2, 0.25) is 8.32 Å². The predicted octanol–water partition coefficient (Wildman–Crippen LogP) is 7.18. The monoisotopic (exact) mass is 418 g/mol. The Labute approximate surface area is 175 Å². The second-order valence-electron chi connectivity index (χ2n) is 12.2. The average molecular weight is 419 g/mol. The van der Waals surface area contributed by atoms with Gasteiger partial charge in [-0.15, -0.1) is 0 Å². The lowest BCUT2D eigenvalue weighted by atomic mass is 9.61. The Morgan fingerprint density at radius 3 is 2.29 bits per heavy atom. The average Bonchev–Trinajstić information content (AvgIpc) is 2.79. The van der Waals surface area contributed by atoms with Crippen molar-refractivity contribution in [2.24, 2.45) is 23.2 Å². The summed E-state index contributed by atoms with van der Waals surface area (Å²) in [6.07, 6.45) is 7.75. The molecule has 0 radical (unpaired) electrons. The van der Waals surface area contributed by atoms with E-state index >= 15 is 0 Å². The van der Waals surface area contributed by atoms with Crippen LogP contribution >= 0.6 is 0 Å². The molecule has 0 unspecified atom stereocenters. The molecule has 158 valence electrons. The van der Waals surface area contributed by atoms with E-state index < -0.39 is 16.4 Å². The highest BCUT2D eigenvalue weighted by Crippen LogP contribution is 2.61. The van der Waals surface area contributed by atoms with E-state index in [1.165, 1.54) is 19.3 Å². The second-order valence-corrected chi connectivity index (χ2v) is 22.0. The van der Waals surface area contributed by atoms with Crippen LogP contribution in [-0.4, -0.2) is 22.2 Å². The molecule has 0 bridgehead atoms. The van der Waals surface area contributed by atoms with Crippen LogP contribution in [0, 0.1) is 23.2 Å². The molecule has 2 nitrogen and oxygen atoms in total. The summed E-state index contributed by atoms with van der Waals surface area (Å²) >= 11 is 0. The van der Waals surface area contributed by atoms with Crippen LogP contribution < -0.4 is 0 Å². The molecule has 0 spiro atoms. The molecule has 4 atom stereocenters. The minimum atomic E-state index is -1.72. The first-order valence-electron chi connectivity index (χ1n) is 11.4. The molecule has 0 aliphatic heterocycles. The Bertz CT molecular complexity index is 705. The third-order valence-electron chi connectivity index (χ3n) is 7.36. The second kappa shape index (κ2) is 7.26. The summed E-state index contributed by atoms with van der Waals surface area (Å²) in [4.78, 5) is 13.5. The molecule has 0 N–H and O–H groups in total. The summed E-state index contributed by atoms with van der Waals surface area (Å²) in [5.74, 6) is 2.65. The van der Waals surface area contributed by atoms with Crippen LogP contribution in [-0.2, 0) is 9.22 Å². The molecule has 0 amide bonds. The van der Waals surface area contributed by atoms with Crippen LogP contribution in [0.5, 0.6) is 0 Å². The number of carbonyl (C=O) groups is 1. The smallest absolute Gasteiger partial charge is 0.241 e. The highest BCUT2D eigenvalue weighted by molar-refractivity contribution is 6.78. The molecule has 0 heterocycles. The van der Waals surface area contributed by atoms with E-state index in [1.54, 1.807) is 11.1 Å². The van der Waals surface area contributed by atoms with Crippen LogP contribution in [0.15, 0.2) is 23.0 Å². The van der Waals surface area contributed by atoms with E-state index in [0.717, 1.165) is 12.2 Å². The van der Waals surface area contributed by atoms with Gasteiger partial charge in [0.15, 0.2) is 0 Å². The van der Waals surface area contributed by atoms with Crippen molar-refractivity contribution in [2.75, 3.05) is 0 Å². The minimum Gasteiger partial charge on any atom is -0.547 e. The van der Waals surface area contributed by atoms with Gasteiger partial charge in [-0.1, -0.05) is 51.6 Å². The maximum absolute atomic E-state index is 13.5. The predicted molar refractivity (Wildman–Crippen MR) is 125 cm³/mol. The maximum Gasteiger partial charge on any atom is 0.241 e. The van der Waals surface area contributed by atoms with Crippen LogP contribution in [0.4, 0.5) is 0 Å². The van der Waals surface area contributed by atoms with Crippen LogP contribution in [0.2, 0.25) is 44.8 Å². The summed E-state index contributed by atoms with van der Waals surface area (Å²) in [5, 5.41) is 0. The fourth-order valence-electron chi connectivity index (χ4n) is 6.11. The fraction of sp³-hybridized carbons (Fsp3) is 0.792. The van der Waals surface area contributed by atoms with Crippen molar-refractivity contribution in [1.82, 2.24) is 0 Å². The third kappa shape index (κ3) is 4.14. The van der Waals surface area contributed by atoms with E-state index in [-0.39, 0.29) is 5.92 Å². The summed E-state index contributed by atoms with van der Waals surface area (Å²) in [6, 6.07) is 0. The summed E-state index contributed by atoms with van der Waals surface area (Å²) in [6.45, 7) is 21.4. The third-order valence-corrected chi connectivity index (χ3v) is 10.8. The maximum atomic E-state index is 13.5. The lowest BCUT2D eigenvalue weighted by molar-refractivity contribution is -0.124. The summed E-state index contributed by atoms with van der Waals surface area (Å²) in [5.41, 5.74) is 4.19. The molecule has 3 aliphatic carbocycles. The molecule has 0 aromatic rings. The first-order valence-corrected chi connectivity index (χ1v) is 18.4. The molecule has 0 aromatic carbocycles. The first kappa shape index (κ1) is 22.1. The Morgan fingerprint density at radius 2 is 1.75 bits per heavy atom. The molecular weight excluding hydrogens is 376 g/mol. The van der Waals surface area contributed by atoms with Gasteiger partial charge in [-0.05, 0) is 74.2 Å². The quantitative estimate of drug-likeness (QED) is 0.357. The van der Waals surface area contributed by atoms with Gasteiger partial charge in [0.1, 0.15) is 5.78 Å².